The maximum atomic E-state index is 13.5. The highest BCUT2D eigenvalue weighted by Crippen LogP contribution is 2.27. The Morgan fingerprint density at radius 2 is 1.51 bits per heavy atom. The van der Waals surface area contributed by atoms with Crippen LogP contribution in [0.4, 0.5) is 5.69 Å². The molecule has 0 saturated carbocycles. The van der Waals surface area contributed by atoms with Gasteiger partial charge in [-0.3, -0.25) is 9.10 Å². The zero-order chi connectivity index (χ0) is 25.6. The van der Waals surface area contributed by atoms with Crippen molar-refractivity contribution in [2.45, 2.75) is 25.7 Å². The van der Waals surface area contributed by atoms with E-state index in [4.69, 9.17) is 9.47 Å². The van der Waals surface area contributed by atoms with Gasteiger partial charge in [-0.25, -0.2) is 13.8 Å². The number of hydrogen-bond acceptors (Lipinski definition) is 6. The number of sulfonamides is 1. The van der Waals surface area contributed by atoms with Crippen LogP contribution in [-0.2, 0) is 14.8 Å². The summed E-state index contributed by atoms with van der Waals surface area (Å²) >= 11 is 0. The number of ether oxygens (including phenoxy) is 2. The van der Waals surface area contributed by atoms with E-state index in [-0.39, 0.29) is 4.90 Å². The number of benzene rings is 3. The Balaban J connectivity index is 1.85. The molecule has 0 aliphatic carbocycles. The van der Waals surface area contributed by atoms with Gasteiger partial charge in [-0.05, 0) is 79.9 Å². The van der Waals surface area contributed by atoms with Crippen molar-refractivity contribution in [3.63, 3.8) is 0 Å². The van der Waals surface area contributed by atoms with E-state index in [2.05, 4.69) is 10.5 Å². The van der Waals surface area contributed by atoms with Gasteiger partial charge in [-0.2, -0.15) is 5.10 Å². The van der Waals surface area contributed by atoms with Crippen LogP contribution in [0.5, 0.6) is 11.5 Å². The molecule has 0 aliphatic heterocycles. The second-order valence-electron chi connectivity index (χ2n) is 8.08. The molecule has 0 unspecified atom stereocenters. The average Bonchev–Trinajstić information content (AvgIpc) is 2.82. The Kier molecular flexibility index (Phi) is 8.14. The molecule has 0 bridgehead atoms. The molecule has 0 saturated heterocycles. The van der Waals surface area contributed by atoms with Gasteiger partial charge in [-0.15, -0.1) is 0 Å². The summed E-state index contributed by atoms with van der Waals surface area (Å²) in [7, 11) is -0.939. The number of nitrogens with one attached hydrogen (secondary N) is 1. The normalized spacial score (nSPS) is 11.3. The molecular formula is C26H29N3O5S. The third-order valence-electron chi connectivity index (χ3n) is 5.20. The Hall–Kier alpha value is -3.85. The van der Waals surface area contributed by atoms with Crippen LogP contribution in [0.3, 0.4) is 0 Å². The molecule has 0 spiro atoms. The molecule has 0 atom stereocenters. The third kappa shape index (κ3) is 6.39. The molecule has 35 heavy (non-hydrogen) atoms. The van der Waals surface area contributed by atoms with Gasteiger partial charge in [0.1, 0.15) is 6.54 Å². The lowest BCUT2D eigenvalue weighted by Gasteiger charge is -2.24. The molecule has 8 nitrogen and oxygen atoms in total. The third-order valence-corrected chi connectivity index (χ3v) is 6.99. The maximum Gasteiger partial charge on any atom is 0.264 e. The molecule has 1 amide bonds. The fraction of sp³-hybridized carbons (Fsp3) is 0.231. The maximum absolute atomic E-state index is 13.5. The van der Waals surface area contributed by atoms with Crippen molar-refractivity contribution in [2.24, 2.45) is 5.10 Å². The monoisotopic (exact) mass is 495 g/mol. The lowest BCUT2D eigenvalue weighted by atomic mass is 10.1. The van der Waals surface area contributed by atoms with Crippen LogP contribution in [0.1, 0.15) is 22.3 Å². The van der Waals surface area contributed by atoms with Gasteiger partial charge in [-0.1, -0.05) is 23.8 Å². The molecule has 0 aliphatic rings. The second kappa shape index (κ2) is 11.1. The number of carbonyl (C=O) groups excluding carboxylic acids is 1. The van der Waals surface area contributed by atoms with Crippen molar-refractivity contribution in [3.05, 3.63) is 82.9 Å². The van der Waals surface area contributed by atoms with Crippen molar-refractivity contribution >= 4 is 27.8 Å². The van der Waals surface area contributed by atoms with Crippen molar-refractivity contribution in [1.29, 1.82) is 0 Å². The summed E-state index contributed by atoms with van der Waals surface area (Å²) in [5.41, 5.74) is 6.19. The molecule has 3 aromatic rings. The number of aryl methyl sites for hydroxylation is 3. The minimum atomic E-state index is -4.00. The summed E-state index contributed by atoms with van der Waals surface area (Å²) in [4.78, 5) is 12.9. The molecule has 0 aromatic heterocycles. The van der Waals surface area contributed by atoms with Crippen LogP contribution >= 0.6 is 0 Å². The van der Waals surface area contributed by atoms with Gasteiger partial charge in [0.2, 0.25) is 0 Å². The average molecular weight is 496 g/mol. The van der Waals surface area contributed by atoms with Gasteiger partial charge >= 0.3 is 0 Å². The molecule has 9 heteroatoms. The number of methoxy groups -OCH3 is 2. The van der Waals surface area contributed by atoms with E-state index < -0.39 is 22.5 Å². The molecular weight excluding hydrogens is 466 g/mol. The summed E-state index contributed by atoms with van der Waals surface area (Å²) < 4.78 is 38.6. The van der Waals surface area contributed by atoms with E-state index in [1.807, 2.05) is 26.8 Å². The Labute approximate surface area is 206 Å². The van der Waals surface area contributed by atoms with Gasteiger partial charge in [0.15, 0.2) is 11.5 Å². The fourth-order valence-electron chi connectivity index (χ4n) is 3.52. The first kappa shape index (κ1) is 25.8. The van der Waals surface area contributed by atoms with E-state index in [0.29, 0.717) is 22.7 Å². The molecule has 0 heterocycles. The van der Waals surface area contributed by atoms with Crippen molar-refractivity contribution in [3.8, 4) is 11.5 Å². The van der Waals surface area contributed by atoms with E-state index in [1.54, 1.807) is 42.5 Å². The fourth-order valence-corrected chi connectivity index (χ4v) is 4.93. The van der Waals surface area contributed by atoms with E-state index in [1.165, 1.54) is 32.6 Å². The number of anilines is 1. The lowest BCUT2D eigenvalue weighted by Crippen LogP contribution is -2.39. The molecule has 3 aromatic carbocycles. The van der Waals surface area contributed by atoms with Gasteiger partial charge in [0.25, 0.3) is 15.9 Å². The largest absolute Gasteiger partial charge is 0.493 e. The SMILES string of the molecule is COc1ccc(/C=N\NC(=O)CN(c2cc(C)cc(C)c2)S(=O)(=O)c2ccc(C)cc2)cc1OC. The topological polar surface area (TPSA) is 97.3 Å². The summed E-state index contributed by atoms with van der Waals surface area (Å²) in [6.45, 7) is 5.19. The summed E-state index contributed by atoms with van der Waals surface area (Å²) in [6, 6.07) is 17.1. The first-order valence-corrected chi connectivity index (χ1v) is 12.3. The van der Waals surface area contributed by atoms with E-state index in [0.717, 1.165) is 21.0 Å². The van der Waals surface area contributed by atoms with Crippen LogP contribution in [0.25, 0.3) is 0 Å². The number of amides is 1. The standard InChI is InChI=1S/C26H29N3O5S/c1-18-6-9-23(10-7-18)35(31,32)29(22-13-19(2)12-20(3)14-22)17-26(30)28-27-16-21-8-11-24(33-4)25(15-21)34-5/h6-16H,17H2,1-5H3,(H,28,30)/b27-16-. The first-order chi connectivity index (χ1) is 16.6. The van der Waals surface area contributed by atoms with Crippen LogP contribution in [-0.4, -0.2) is 41.3 Å². The van der Waals surface area contributed by atoms with Gasteiger partial charge in [0, 0.05) is 0 Å². The van der Waals surface area contributed by atoms with Crippen LogP contribution in [0, 0.1) is 20.8 Å². The minimum absolute atomic E-state index is 0.101. The van der Waals surface area contributed by atoms with Crippen molar-refractivity contribution < 1.29 is 22.7 Å². The quantitative estimate of drug-likeness (QED) is 0.358. The second-order valence-corrected chi connectivity index (χ2v) is 9.94. The number of rotatable bonds is 9. The number of carbonyl (C=O) groups is 1. The number of nitrogens with zero attached hydrogens (tertiary/aromatic N) is 2. The van der Waals surface area contributed by atoms with E-state index >= 15 is 0 Å². The Bertz CT molecular complexity index is 1320. The zero-order valence-electron chi connectivity index (χ0n) is 20.4. The lowest BCUT2D eigenvalue weighted by molar-refractivity contribution is -0.119. The summed E-state index contributed by atoms with van der Waals surface area (Å²) in [5, 5.41) is 3.98. The van der Waals surface area contributed by atoms with Gasteiger partial charge in [0.05, 0.1) is 31.0 Å². The Morgan fingerprint density at radius 3 is 2.11 bits per heavy atom. The highest BCUT2D eigenvalue weighted by Gasteiger charge is 2.27. The van der Waals surface area contributed by atoms with Crippen LogP contribution in [0.2, 0.25) is 0 Å². The smallest absolute Gasteiger partial charge is 0.264 e. The molecule has 184 valence electrons. The highest BCUT2D eigenvalue weighted by molar-refractivity contribution is 7.92. The number of hydrogen-bond donors (Lipinski definition) is 1. The van der Waals surface area contributed by atoms with Crippen molar-refractivity contribution in [1.82, 2.24) is 5.43 Å². The highest BCUT2D eigenvalue weighted by atomic mass is 32.2. The number of hydrazone groups is 1. The molecule has 3 rings (SSSR count). The zero-order valence-corrected chi connectivity index (χ0v) is 21.2. The first-order valence-electron chi connectivity index (χ1n) is 10.9. The predicted molar refractivity (Wildman–Crippen MR) is 137 cm³/mol. The van der Waals surface area contributed by atoms with E-state index in [9.17, 15) is 13.2 Å². The predicted octanol–water partition coefficient (Wildman–Crippen LogP) is 3.97. The minimum Gasteiger partial charge on any atom is -0.493 e. The Morgan fingerprint density at radius 1 is 0.886 bits per heavy atom. The van der Waals surface area contributed by atoms with Crippen LogP contribution < -0.4 is 19.2 Å². The molecule has 0 fully saturated rings. The van der Waals surface area contributed by atoms with Crippen LogP contribution in [0.15, 0.2) is 70.7 Å². The van der Waals surface area contributed by atoms with Gasteiger partial charge < -0.3 is 9.47 Å². The summed E-state index contributed by atoms with van der Waals surface area (Å²) in [5.74, 6) is 0.503. The van der Waals surface area contributed by atoms with Crippen molar-refractivity contribution in [2.75, 3.05) is 25.1 Å². The molecule has 0 radical (unpaired) electrons. The summed E-state index contributed by atoms with van der Waals surface area (Å²) in [6.07, 6.45) is 1.44. The molecule has 1 N–H and O–H groups in total.